The first-order valence-corrected chi connectivity index (χ1v) is 12.9. The van der Waals surface area contributed by atoms with Gasteiger partial charge in [-0.15, -0.1) is 0 Å². The molecule has 5 rings (SSSR count). The molecular formula is C30H35N5O2. The Morgan fingerprint density at radius 3 is 1.78 bits per heavy atom. The van der Waals surface area contributed by atoms with Crippen molar-refractivity contribution in [2.45, 2.75) is 46.7 Å². The zero-order valence-corrected chi connectivity index (χ0v) is 22.2. The van der Waals surface area contributed by atoms with E-state index in [0.29, 0.717) is 30.9 Å². The lowest BCUT2D eigenvalue weighted by Crippen LogP contribution is -2.25. The van der Waals surface area contributed by atoms with Crippen molar-refractivity contribution >= 4 is 34.8 Å². The van der Waals surface area contributed by atoms with Crippen LogP contribution in [0.4, 0.5) is 23.0 Å². The van der Waals surface area contributed by atoms with Gasteiger partial charge in [0.05, 0.1) is 34.6 Å². The second-order valence-corrected chi connectivity index (χ2v) is 10.9. The molecule has 2 atom stereocenters. The number of anilines is 4. The molecule has 3 heterocycles. The molecule has 0 saturated heterocycles. The second kappa shape index (κ2) is 10.2. The molecule has 0 spiro atoms. The Bertz CT molecular complexity index is 1330. The Balaban J connectivity index is 1.36. The fourth-order valence-electron chi connectivity index (χ4n) is 4.25. The molecule has 0 saturated carbocycles. The van der Waals surface area contributed by atoms with Gasteiger partial charge in [-0.25, -0.2) is 15.0 Å². The molecule has 0 amide bonds. The van der Waals surface area contributed by atoms with Gasteiger partial charge in [0, 0.05) is 0 Å². The largest absolute Gasteiger partial charge is 0.475 e. The van der Waals surface area contributed by atoms with Crippen molar-refractivity contribution < 1.29 is 9.47 Å². The number of aromatic nitrogens is 1. The molecule has 7 nitrogen and oxygen atoms in total. The monoisotopic (exact) mass is 497 g/mol. The van der Waals surface area contributed by atoms with Crippen LogP contribution in [0.25, 0.3) is 0 Å². The number of aliphatic imine (C=N–C) groups is 2. The number of nitrogens with zero attached hydrogens (tertiary/aromatic N) is 3. The van der Waals surface area contributed by atoms with Crippen molar-refractivity contribution in [1.29, 1.82) is 0 Å². The van der Waals surface area contributed by atoms with Crippen LogP contribution < -0.4 is 10.6 Å². The van der Waals surface area contributed by atoms with Gasteiger partial charge in [-0.1, -0.05) is 65.0 Å². The maximum absolute atomic E-state index is 6.00. The van der Waals surface area contributed by atoms with Crippen LogP contribution in [-0.4, -0.2) is 42.1 Å². The van der Waals surface area contributed by atoms with Crippen molar-refractivity contribution in [3.63, 3.8) is 0 Å². The number of para-hydroxylation sites is 2. The summed E-state index contributed by atoms with van der Waals surface area (Å²) in [7, 11) is 0. The summed E-state index contributed by atoms with van der Waals surface area (Å²) in [6.07, 6.45) is 0. The molecule has 2 N–H and O–H groups in total. The van der Waals surface area contributed by atoms with E-state index in [2.05, 4.69) is 45.3 Å². The van der Waals surface area contributed by atoms with Gasteiger partial charge in [0.25, 0.3) is 0 Å². The maximum Gasteiger partial charge on any atom is 0.218 e. The van der Waals surface area contributed by atoms with Crippen LogP contribution in [0, 0.1) is 11.3 Å². The van der Waals surface area contributed by atoms with E-state index in [4.69, 9.17) is 24.4 Å². The molecule has 0 fully saturated rings. The first-order chi connectivity index (χ1) is 17.8. The number of pyridine rings is 1. The Labute approximate surface area is 219 Å². The van der Waals surface area contributed by atoms with Gasteiger partial charge in [-0.3, -0.25) is 0 Å². The van der Waals surface area contributed by atoms with Gasteiger partial charge in [0.2, 0.25) is 11.8 Å². The highest BCUT2D eigenvalue weighted by molar-refractivity contribution is 6.02. The zero-order valence-electron chi connectivity index (χ0n) is 22.2. The smallest absolute Gasteiger partial charge is 0.218 e. The van der Waals surface area contributed by atoms with Crippen LogP contribution in [-0.2, 0) is 9.47 Å². The summed E-state index contributed by atoms with van der Waals surface area (Å²) in [6.45, 7) is 12.1. The number of nitrogens with one attached hydrogen (secondary N) is 2. The molecule has 0 aliphatic carbocycles. The molecule has 0 radical (unpaired) electrons. The van der Waals surface area contributed by atoms with E-state index in [1.807, 2.05) is 66.7 Å². The lowest BCUT2D eigenvalue weighted by atomic mass is 9.88. The first-order valence-electron chi connectivity index (χ1n) is 12.9. The van der Waals surface area contributed by atoms with Crippen molar-refractivity contribution in [1.82, 2.24) is 4.98 Å². The van der Waals surface area contributed by atoms with Gasteiger partial charge >= 0.3 is 0 Å². The average Bonchev–Trinajstić information content (AvgIpc) is 3.56. The van der Waals surface area contributed by atoms with Gasteiger partial charge in [-0.05, 0) is 47.7 Å². The minimum Gasteiger partial charge on any atom is -0.475 e. The molecule has 2 aromatic carbocycles. The third kappa shape index (κ3) is 5.61. The third-order valence-electron chi connectivity index (χ3n) is 6.68. The molecule has 2 aliphatic rings. The van der Waals surface area contributed by atoms with Gasteiger partial charge < -0.3 is 20.1 Å². The molecule has 192 valence electrons. The molecular weight excluding hydrogens is 462 g/mol. The summed E-state index contributed by atoms with van der Waals surface area (Å²) in [5, 5.41) is 6.91. The van der Waals surface area contributed by atoms with E-state index >= 15 is 0 Å². The Hall–Kier alpha value is -3.87. The highest BCUT2D eigenvalue weighted by atomic mass is 16.5. The van der Waals surface area contributed by atoms with Crippen molar-refractivity contribution in [2.75, 3.05) is 23.8 Å². The highest BCUT2D eigenvalue weighted by Crippen LogP contribution is 2.30. The summed E-state index contributed by atoms with van der Waals surface area (Å²) in [5.41, 5.74) is 3.70. The number of ether oxygens (including phenoxy) is 2. The predicted octanol–water partition coefficient (Wildman–Crippen LogP) is 6.56. The standard InChI is InChI=1S/C30H35N5O2/c1-19(2)24-17-36-28(33-24)20-11-6-8-13-22(20)31-26-15-10-16-27(35-26)32-23-14-9-7-12-21(23)29-34-25(18-37-29)30(3,4)5/h6-16,19,24-25H,17-18H2,1-5H3,(H2,31,32,35)/t24-,25-/m1/s1. The van der Waals surface area contributed by atoms with Crippen LogP contribution in [0.5, 0.6) is 0 Å². The quantitative estimate of drug-likeness (QED) is 0.386. The second-order valence-electron chi connectivity index (χ2n) is 10.9. The topological polar surface area (TPSA) is 80.1 Å². The maximum atomic E-state index is 6.00. The molecule has 0 unspecified atom stereocenters. The van der Waals surface area contributed by atoms with Gasteiger partial charge in [0.15, 0.2) is 0 Å². The fourth-order valence-corrected chi connectivity index (χ4v) is 4.25. The lowest BCUT2D eigenvalue weighted by molar-refractivity contribution is 0.236. The Morgan fingerprint density at radius 2 is 1.27 bits per heavy atom. The van der Waals surface area contributed by atoms with E-state index in [1.165, 1.54) is 0 Å². The molecule has 3 aromatic rings. The molecule has 7 heteroatoms. The fraction of sp³-hybridized carbons (Fsp3) is 0.367. The molecule has 1 aromatic heterocycles. The number of hydrogen-bond acceptors (Lipinski definition) is 7. The first kappa shape index (κ1) is 24.8. The van der Waals surface area contributed by atoms with Gasteiger partial charge in [0.1, 0.15) is 24.8 Å². The van der Waals surface area contributed by atoms with E-state index in [0.717, 1.165) is 34.1 Å². The minimum absolute atomic E-state index is 0.0484. The zero-order chi connectivity index (χ0) is 26.0. The molecule has 37 heavy (non-hydrogen) atoms. The Kier molecular flexibility index (Phi) is 6.87. The summed E-state index contributed by atoms with van der Waals surface area (Å²) >= 11 is 0. The van der Waals surface area contributed by atoms with E-state index in [1.54, 1.807) is 0 Å². The van der Waals surface area contributed by atoms with Crippen LogP contribution in [0.15, 0.2) is 76.7 Å². The summed E-state index contributed by atoms with van der Waals surface area (Å²) in [5.74, 6) is 3.22. The molecule has 2 aliphatic heterocycles. The number of benzene rings is 2. The van der Waals surface area contributed by atoms with E-state index in [-0.39, 0.29) is 17.5 Å². The normalized spacial score (nSPS) is 19.2. The molecule has 0 bridgehead atoms. The third-order valence-corrected chi connectivity index (χ3v) is 6.68. The van der Waals surface area contributed by atoms with Crippen LogP contribution >= 0.6 is 0 Å². The van der Waals surface area contributed by atoms with Crippen molar-refractivity contribution in [3.05, 3.63) is 77.9 Å². The lowest BCUT2D eigenvalue weighted by Gasteiger charge is -2.21. The number of hydrogen-bond donors (Lipinski definition) is 2. The van der Waals surface area contributed by atoms with Crippen LogP contribution in [0.1, 0.15) is 45.7 Å². The van der Waals surface area contributed by atoms with Crippen molar-refractivity contribution in [3.8, 4) is 0 Å². The summed E-state index contributed by atoms with van der Waals surface area (Å²) in [6, 6.07) is 22.2. The van der Waals surface area contributed by atoms with Crippen molar-refractivity contribution in [2.24, 2.45) is 21.3 Å². The summed E-state index contributed by atoms with van der Waals surface area (Å²) in [4.78, 5) is 14.5. The van der Waals surface area contributed by atoms with E-state index in [9.17, 15) is 0 Å². The van der Waals surface area contributed by atoms with Crippen LogP contribution in [0.3, 0.4) is 0 Å². The minimum atomic E-state index is 0.0484. The predicted molar refractivity (Wildman–Crippen MR) is 151 cm³/mol. The number of rotatable bonds is 7. The van der Waals surface area contributed by atoms with Crippen LogP contribution in [0.2, 0.25) is 0 Å². The van der Waals surface area contributed by atoms with E-state index < -0.39 is 0 Å². The average molecular weight is 498 g/mol. The highest BCUT2D eigenvalue weighted by Gasteiger charge is 2.31. The summed E-state index contributed by atoms with van der Waals surface area (Å²) < 4.78 is 11.9. The Morgan fingerprint density at radius 1 is 0.730 bits per heavy atom. The SMILES string of the molecule is CC(C)[C@H]1COC(c2ccccc2Nc2cccc(Nc3ccccc3C3=N[C@@H](C(C)(C)C)CO3)n2)=N1. The van der Waals surface area contributed by atoms with Gasteiger partial charge in [-0.2, -0.15) is 0 Å².